The first-order chi connectivity index (χ1) is 14.2. The summed E-state index contributed by atoms with van der Waals surface area (Å²) in [5.41, 5.74) is -0.356. The molecule has 0 aromatic carbocycles. The maximum atomic E-state index is 11.6. The Bertz CT molecular complexity index is 426. The van der Waals surface area contributed by atoms with Gasteiger partial charge < -0.3 is 9.64 Å². The van der Waals surface area contributed by atoms with Gasteiger partial charge in [0.05, 0.1) is 0 Å². The molecule has 0 aromatic heterocycles. The number of ether oxygens (including phenoxy) is 1. The molecule has 30 heavy (non-hydrogen) atoms. The smallest absolute Gasteiger partial charge is 0.306 e. The van der Waals surface area contributed by atoms with Crippen molar-refractivity contribution in [3.63, 3.8) is 0 Å². The SMILES string of the molecule is CN(C)C(=O)CCCCCCCCCCCCCCCCCCC(=O)OC(C)(C)C. The molecule has 0 atom stereocenters. The Morgan fingerprint density at radius 1 is 0.567 bits per heavy atom. The van der Waals surface area contributed by atoms with Crippen LogP contribution in [-0.4, -0.2) is 36.5 Å². The summed E-state index contributed by atoms with van der Waals surface area (Å²) in [4.78, 5) is 24.8. The zero-order valence-corrected chi connectivity index (χ0v) is 20.9. The number of hydrogen-bond acceptors (Lipinski definition) is 3. The monoisotopic (exact) mass is 425 g/mol. The van der Waals surface area contributed by atoms with Crippen molar-refractivity contribution in [2.75, 3.05) is 14.1 Å². The van der Waals surface area contributed by atoms with Crippen molar-refractivity contribution in [1.29, 1.82) is 0 Å². The Morgan fingerprint density at radius 2 is 0.867 bits per heavy atom. The van der Waals surface area contributed by atoms with E-state index >= 15 is 0 Å². The van der Waals surface area contributed by atoms with E-state index in [1.54, 1.807) is 4.90 Å². The molecular weight excluding hydrogens is 374 g/mol. The highest BCUT2D eigenvalue weighted by molar-refractivity contribution is 5.75. The molecule has 0 aliphatic rings. The summed E-state index contributed by atoms with van der Waals surface area (Å²) in [7, 11) is 3.67. The van der Waals surface area contributed by atoms with Crippen molar-refractivity contribution in [2.45, 2.75) is 142 Å². The van der Waals surface area contributed by atoms with Crippen LogP contribution < -0.4 is 0 Å². The van der Waals surface area contributed by atoms with Crippen LogP contribution >= 0.6 is 0 Å². The Kier molecular flexibility index (Phi) is 18.0. The van der Waals surface area contributed by atoms with Gasteiger partial charge in [-0.25, -0.2) is 0 Å². The molecule has 0 unspecified atom stereocenters. The summed E-state index contributed by atoms with van der Waals surface area (Å²) in [6, 6.07) is 0. The fourth-order valence-corrected chi connectivity index (χ4v) is 3.64. The topological polar surface area (TPSA) is 46.6 Å². The minimum atomic E-state index is -0.356. The molecule has 0 aliphatic heterocycles. The van der Waals surface area contributed by atoms with Crippen molar-refractivity contribution in [3.8, 4) is 0 Å². The number of hydrogen-bond donors (Lipinski definition) is 0. The molecule has 0 spiro atoms. The molecule has 0 fully saturated rings. The number of amides is 1. The molecular formula is C26H51NO3. The second-order valence-corrected chi connectivity index (χ2v) is 10.0. The number of carbonyl (C=O) groups excluding carboxylic acids is 2. The standard InChI is InChI=1S/C26H51NO3/c1-26(2,3)30-25(29)23-21-19-17-15-13-11-9-7-6-8-10-12-14-16-18-20-22-24(28)27(4)5/h6-23H2,1-5H3. The highest BCUT2D eigenvalue weighted by Crippen LogP contribution is 2.15. The first kappa shape index (κ1) is 28.9. The quantitative estimate of drug-likeness (QED) is 0.160. The van der Waals surface area contributed by atoms with Gasteiger partial charge >= 0.3 is 5.97 Å². The fraction of sp³-hybridized carbons (Fsp3) is 0.923. The van der Waals surface area contributed by atoms with Gasteiger partial charge in [0, 0.05) is 26.9 Å². The Morgan fingerprint density at radius 3 is 1.17 bits per heavy atom. The number of esters is 1. The lowest BCUT2D eigenvalue weighted by molar-refractivity contribution is -0.154. The predicted octanol–water partition coefficient (Wildman–Crippen LogP) is 7.44. The number of rotatable bonds is 19. The first-order valence-corrected chi connectivity index (χ1v) is 12.6. The maximum absolute atomic E-state index is 11.6. The van der Waals surface area contributed by atoms with Crippen molar-refractivity contribution < 1.29 is 14.3 Å². The highest BCUT2D eigenvalue weighted by atomic mass is 16.6. The summed E-state index contributed by atoms with van der Waals surface area (Å²) < 4.78 is 5.33. The van der Waals surface area contributed by atoms with Crippen LogP contribution in [0.1, 0.15) is 136 Å². The lowest BCUT2D eigenvalue weighted by Gasteiger charge is -2.19. The minimum absolute atomic E-state index is 0.0565. The van der Waals surface area contributed by atoms with Gasteiger partial charge in [0.1, 0.15) is 5.60 Å². The molecule has 0 aliphatic carbocycles. The molecule has 0 radical (unpaired) electrons. The van der Waals surface area contributed by atoms with Gasteiger partial charge in [-0.15, -0.1) is 0 Å². The Labute approximate surface area is 187 Å². The van der Waals surface area contributed by atoms with E-state index in [0.29, 0.717) is 12.8 Å². The minimum Gasteiger partial charge on any atom is -0.460 e. The summed E-state index contributed by atoms with van der Waals surface area (Å²) in [5.74, 6) is 0.201. The van der Waals surface area contributed by atoms with E-state index in [-0.39, 0.29) is 17.5 Å². The molecule has 4 nitrogen and oxygen atoms in total. The third kappa shape index (κ3) is 21.6. The van der Waals surface area contributed by atoms with Crippen LogP contribution in [0.3, 0.4) is 0 Å². The molecule has 178 valence electrons. The second kappa shape index (κ2) is 18.7. The van der Waals surface area contributed by atoms with Crippen molar-refractivity contribution in [2.24, 2.45) is 0 Å². The zero-order valence-electron chi connectivity index (χ0n) is 20.9. The van der Waals surface area contributed by atoms with Crippen LogP contribution in [0, 0.1) is 0 Å². The van der Waals surface area contributed by atoms with Gasteiger partial charge in [0.2, 0.25) is 5.91 Å². The molecule has 0 rings (SSSR count). The van der Waals surface area contributed by atoms with Gasteiger partial charge in [-0.05, 0) is 33.6 Å². The van der Waals surface area contributed by atoms with E-state index in [2.05, 4.69) is 0 Å². The number of carbonyl (C=O) groups is 2. The van der Waals surface area contributed by atoms with Crippen LogP contribution in [-0.2, 0) is 14.3 Å². The van der Waals surface area contributed by atoms with Crippen LogP contribution in [0.2, 0.25) is 0 Å². The highest BCUT2D eigenvalue weighted by Gasteiger charge is 2.15. The predicted molar refractivity (Wildman–Crippen MR) is 128 cm³/mol. The third-order valence-corrected chi connectivity index (χ3v) is 5.44. The lowest BCUT2D eigenvalue weighted by atomic mass is 10.0. The van der Waals surface area contributed by atoms with Crippen molar-refractivity contribution in [3.05, 3.63) is 0 Å². The molecule has 0 saturated heterocycles. The molecule has 1 amide bonds. The molecule has 0 aromatic rings. The van der Waals surface area contributed by atoms with E-state index in [1.807, 2.05) is 34.9 Å². The van der Waals surface area contributed by atoms with Crippen LogP contribution in [0.5, 0.6) is 0 Å². The van der Waals surface area contributed by atoms with E-state index in [1.165, 1.54) is 83.5 Å². The second-order valence-electron chi connectivity index (χ2n) is 10.0. The number of unbranched alkanes of at least 4 members (excludes halogenated alkanes) is 15. The summed E-state index contributed by atoms with van der Waals surface area (Å²) in [5, 5.41) is 0. The van der Waals surface area contributed by atoms with Gasteiger partial charge in [-0.2, -0.15) is 0 Å². The average molecular weight is 426 g/mol. The first-order valence-electron chi connectivity index (χ1n) is 12.6. The average Bonchev–Trinajstić information content (AvgIpc) is 2.65. The summed E-state index contributed by atoms with van der Waals surface area (Å²) in [6.07, 6.45) is 21.7. The molecule has 0 saturated carbocycles. The van der Waals surface area contributed by atoms with Gasteiger partial charge in [-0.3, -0.25) is 9.59 Å². The normalized spacial score (nSPS) is 11.5. The maximum Gasteiger partial charge on any atom is 0.306 e. The molecule has 0 N–H and O–H groups in total. The summed E-state index contributed by atoms with van der Waals surface area (Å²) in [6.45, 7) is 5.77. The van der Waals surface area contributed by atoms with E-state index in [0.717, 1.165) is 19.3 Å². The van der Waals surface area contributed by atoms with Crippen LogP contribution in [0.15, 0.2) is 0 Å². The van der Waals surface area contributed by atoms with Gasteiger partial charge in [0.25, 0.3) is 0 Å². The number of nitrogens with zero attached hydrogens (tertiary/aromatic N) is 1. The summed E-state index contributed by atoms with van der Waals surface area (Å²) >= 11 is 0. The molecule has 4 heteroatoms. The van der Waals surface area contributed by atoms with Crippen molar-refractivity contribution in [1.82, 2.24) is 4.90 Å². The van der Waals surface area contributed by atoms with Gasteiger partial charge in [-0.1, -0.05) is 89.9 Å². The van der Waals surface area contributed by atoms with Crippen LogP contribution in [0.25, 0.3) is 0 Å². The van der Waals surface area contributed by atoms with E-state index < -0.39 is 0 Å². The largest absolute Gasteiger partial charge is 0.460 e. The Hall–Kier alpha value is -1.06. The molecule has 0 bridgehead atoms. The fourth-order valence-electron chi connectivity index (χ4n) is 3.64. The van der Waals surface area contributed by atoms with E-state index in [4.69, 9.17) is 4.74 Å². The zero-order chi connectivity index (χ0) is 22.7. The molecule has 0 heterocycles. The third-order valence-electron chi connectivity index (χ3n) is 5.44. The van der Waals surface area contributed by atoms with E-state index in [9.17, 15) is 9.59 Å². The van der Waals surface area contributed by atoms with Crippen molar-refractivity contribution >= 4 is 11.9 Å². The van der Waals surface area contributed by atoms with Gasteiger partial charge in [0.15, 0.2) is 0 Å². The lowest BCUT2D eigenvalue weighted by Crippen LogP contribution is -2.23. The van der Waals surface area contributed by atoms with Crippen LogP contribution in [0.4, 0.5) is 0 Å². The Balaban J connectivity index is 3.18.